The topological polar surface area (TPSA) is 98.1 Å². The quantitative estimate of drug-likeness (QED) is 0.621. The van der Waals surface area contributed by atoms with E-state index < -0.39 is 5.54 Å². The molecule has 2 saturated heterocycles. The summed E-state index contributed by atoms with van der Waals surface area (Å²) in [5.41, 5.74) is 2.42. The van der Waals surface area contributed by atoms with Crippen LogP contribution in [0.3, 0.4) is 0 Å². The summed E-state index contributed by atoms with van der Waals surface area (Å²) in [5.74, 6) is 0.415. The van der Waals surface area contributed by atoms with E-state index in [0.717, 1.165) is 35.9 Å². The smallest absolute Gasteiger partial charge is 0.260 e. The van der Waals surface area contributed by atoms with E-state index in [2.05, 4.69) is 15.6 Å². The van der Waals surface area contributed by atoms with Gasteiger partial charge in [0.15, 0.2) is 5.78 Å². The van der Waals surface area contributed by atoms with Crippen molar-refractivity contribution in [1.82, 2.24) is 19.9 Å². The highest BCUT2D eigenvalue weighted by atomic mass is 16.5. The van der Waals surface area contributed by atoms with Crippen molar-refractivity contribution in [2.24, 2.45) is 0 Å². The van der Waals surface area contributed by atoms with Gasteiger partial charge in [0, 0.05) is 42.9 Å². The number of anilines is 1. The lowest BCUT2D eigenvalue weighted by molar-refractivity contribution is -0.120. The minimum Gasteiger partial charge on any atom is -0.381 e. The van der Waals surface area contributed by atoms with Crippen LogP contribution in [0.25, 0.3) is 22.2 Å². The van der Waals surface area contributed by atoms with Gasteiger partial charge in [0.05, 0.1) is 0 Å². The molecule has 0 saturated carbocycles. The standard InChI is InChI=1S/C25H29N5O3/c1-16-5-3-4-6-20(16)21-13-18-14-27-24(29-25(17(2)31)9-10-26-15-25)28-22(18)30(23(21)32)19-7-11-33-12-8-19/h3-6,13-14,19,26H,7-12,15H2,1-2H3,(H,27,28,29)/t25-/m0/s1. The molecule has 0 radical (unpaired) electrons. The van der Waals surface area contributed by atoms with Crippen LogP contribution in [-0.4, -0.2) is 52.2 Å². The van der Waals surface area contributed by atoms with Gasteiger partial charge in [-0.05, 0) is 56.8 Å². The number of hydrogen-bond donors (Lipinski definition) is 2. The van der Waals surface area contributed by atoms with E-state index in [9.17, 15) is 9.59 Å². The molecule has 0 bridgehead atoms. The Morgan fingerprint density at radius 2 is 2.03 bits per heavy atom. The van der Waals surface area contributed by atoms with Crippen LogP contribution in [0, 0.1) is 6.92 Å². The highest BCUT2D eigenvalue weighted by Crippen LogP contribution is 2.29. The first kappa shape index (κ1) is 21.7. The fourth-order valence-electron chi connectivity index (χ4n) is 4.93. The summed E-state index contributed by atoms with van der Waals surface area (Å²) in [6.45, 7) is 6.12. The Bertz CT molecular complexity index is 1260. The molecule has 2 N–H and O–H groups in total. The number of pyridine rings is 1. The second kappa shape index (κ2) is 8.68. The molecule has 3 aromatic rings. The fraction of sp³-hybridized carbons (Fsp3) is 0.440. The van der Waals surface area contributed by atoms with Gasteiger partial charge in [-0.1, -0.05) is 24.3 Å². The molecule has 0 spiro atoms. The van der Waals surface area contributed by atoms with Gasteiger partial charge in [-0.15, -0.1) is 0 Å². The normalized spacial score (nSPS) is 21.4. The molecule has 1 aromatic carbocycles. The van der Waals surface area contributed by atoms with Gasteiger partial charge in [0.1, 0.15) is 11.2 Å². The third-order valence-corrected chi connectivity index (χ3v) is 6.94. The van der Waals surface area contributed by atoms with Crippen molar-refractivity contribution in [2.45, 2.75) is 44.7 Å². The van der Waals surface area contributed by atoms with Gasteiger partial charge in [-0.25, -0.2) is 4.98 Å². The van der Waals surface area contributed by atoms with Crippen LogP contribution in [0.15, 0.2) is 41.3 Å². The van der Waals surface area contributed by atoms with E-state index >= 15 is 0 Å². The van der Waals surface area contributed by atoms with Crippen LogP contribution in [0.1, 0.15) is 37.8 Å². The lowest BCUT2D eigenvalue weighted by Gasteiger charge is -2.28. The Labute approximate surface area is 192 Å². The summed E-state index contributed by atoms with van der Waals surface area (Å²) in [7, 11) is 0. The number of benzene rings is 1. The average molecular weight is 448 g/mol. The summed E-state index contributed by atoms with van der Waals surface area (Å²) in [5, 5.41) is 7.32. The first-order valence-corrected chi connectivity index (χ1v) is 11.5. The monoisotopic (exact) mass is 447 g/mol. The van der Waals surface area contributed by atoms with E-state index in [1.165, 1.54) is 0 Å². The molecule has 2 fully saturated rings. The number of ketones is 1. The summed E-state index contributed by atoms with van der Waals surface area (Å²) in [4.78, 5) is 35.6. The molecule has 33 heavy (non-hydrogen) atoms. The Balaban J connectivity index is 1.68. The number of aryl methyl sites for hydroxylation is 1. The molecule has 2 aliphatic heterocycles. The number of nitrogens with zero attached hydrogens (tertiary/aromatic N) is 3. The largest absolute Gasteiger partial charge is 0.381 e. The number of hydrogen-bond acceptors (Lipinski definition) is 7. The number of carbonyl (C=O) groups excluding carboxylic acids is 1. The van der Waals surface area contributed by atoms with Crippen molar-refractivity contribution in [3.05, 3.63) is 52.4 Å². The summed E-state index contributed by atoms with van der Waals surface area (Å²) >= 11 is 0. The minimum atomic E-state index is -0.724. The third-order valence-electron chi connectivity index (χ3n) is 6.94. The number of nitrogens with one attached hydrogen (secondary N) is 2. The molecular weight excluding hydrogens is 418 g/mol. The third kappa shape index (κ3) is 3.94. The highest BCUT2D eigenvalue weighted by Gasteiger charge is 2.39. The maximum Gasteiger partial charge on any atom is 0.260 e. The predicted octanol–water partition coefficient (Wildman–Crippen LogP) is 2.85. The van der Waals surface area contributed by atoms with E-state index in [1.807, 2.05) is 41.8 Å². The van der Waals surface area contributed by atoms with Gasteiger partial charge in [0.25, 0.3) is 5.56 Å². The Hall–Kier alpha value is -3.10. The molecule has 0 unspecified atom stereocenters. The molecule has 5 rings (SSSR count). The van der Waals surface area contributed by atoms with Gasteiger partial charge in [-0.2, -0.15) is 4.98 Å². The zero-order chi connectivity index (χ0) is 23.0. The van der Waals surface area contributed by atoms with Gasteiger partial charge < -0.3 is 15.4 Å². The molecule has 172 valence electrons. The predicted molar refractivity (Wildman–Crippen MR) is 128 cm³/mol. The number of rotatable bonds is 5. The molecule has 2 aliphatic rings. The van der Waals surface area contributed by atoms with E-state index in [-0.39, 0.29) is 17.4 Å². The zero-order valence-corrected chi connectivity index (χ0v) is 19.1. The van der Waals surface area contributed by atoms with Crippen molar-refractivity contribution >= 4 is 22.8 Å². The minimum absolute atomic E-state index is 0.00428. The Kier molecular flexibility index (Phi) is 5.72. The van der Waals surface area contributed by atoms with Crippen LogP contribution in [0.4, 0.5) is 5.95 Å². The number of Topliss-reactive ketones (excluding diaryl/α,β-unsaturated/α-hetero) is 1. The van der Waals surface area contributed by atoms with Crippen molar-refractivity contribution in [3.63, 3.8) is 0 Å². The van der Waals surface area contributed by atoms with Crippen LogP contribution in [0.5, 0.6) is 0 Å². The second-order valence-corrected chi connectivity index (χ2v) is 9.05. The van der Waals surface area contributed by atoms with Crippen molar-refractivity contribution in [1.29, 1.82) is 0 Å². The van der Waals surface area contributed by atoms with Crippen LogP contribution in [0.2, 0.25) is 0 Å². The maximum absolute atomic E-state index is 13.8. The summed E-state index contributed by atoms with van der Waals surface area (Å²) in [6, 6.07) is 9.80. The highest BCUT2D eigenvalue weighted by molar-refractivity contribution is 5.90. The maximum atomic E-state index is 13.8. The van der Waals surface area contributed by atoms with E-state index in [1.54, 1.807) is 13.1 Å². The number of ether oxygens (including phenoxy) is 1. The number of fused-ring (bicyclic) bond motifs is 1. The molecule has 0 amide bonds. The first-order valence-electron chi connectivity index (χ1n) is 11.5. The number of carbonyl (C=O) groups is 1. The average Bonchev–Trinajstić information content (AvgIpc) is 3.30. The van der Waals surface area contributed by atoms with Crippen molar-refractivity contribution in [2.75, 3.05) is 31.6 Å². The van der Waals surface area contributed by atoms with Gasteiger partial charge in [-0.3, -0.25) is 14.2 Å². The van der Waals surface area contributed by atoms with Gasteiger partial charge in [0.2, 0.25) is 5.95 Å². The SMILES string of the molecule is CC(=O)[C@]1(Nc2ncc3cc(-c4ccccc4C)c(=O)n(C4CCOCC4)c3n2)CCNC1. The summed E-state index contributed by atoms with van der Waals surface area (Å²) < 4.78 is 7.37. The fourth-order valence-corrected chi connectivity index (χ4v) is 4.93. The Morgan fingerprint density at radius 3 is 2.73 bits per heavy atom. The van der Waals surface area contributed by atoms with Crippen LogP contribution < -0.4 is 16.2 Å². The summed E-state index contributed by atoms with van der Waals surface area (Å²) in [6.07, 6.45) is 3.92. The number of aromatic nitrogens is 3. The van der Waals surface area contributed by atoms with Crippen molar-refractivity contribution in [3.8, 4) is 11.1 Å². The molecule has 8 nitrogen and oxygen atoms in total. The molecule has 2 aromatic heterocycles. The lowest BCUT2D eigenvalue weighted by Crippen LogP contribution is -2.47. The van der Waals surface area contributed by atoms with Gasteiger partial charge >= 0.3 is 0 Å². The van der Waals surface area contributed by atoms with E-state index in [0.29, 0.717) is 43.3 Å². The Morgan fingerprint density at radius 1 is 1.24 bits per heavy atom. The molecule has 4 heterocycles. The molecule has 8 heteroatoms. The molecule has 1 atom stereocenters. The first-order chi connectivity index (χ1) is 16.0. The molecular formula is C25H29N5O3. The molecule has 0 aliphatic carbocycles. The van der Waals surface area contributed by atoms with Crippen molar-refractivity contribution < 1.29 is 9.53 Å². The van der Waals surface area contributed by atoms with Crippen LogP contribution >= 0.6 is 0 Å². The zero-order valence-electron chi connectivity index (χ0n) is 19.1. The van der Waals surface area contributed by atoms with E-state index in [4.69, 9.17) is 9.72 Å². The lowest BCUT2D eigenvalue weighted by atomic mass is 9.94. The second-order valence-electron chi connectivity index (χ2n) is 9.05. The van der Waals surface area contributed by atoms with Crippen LogP contribution in [-0.2, 0) is 9.53 Å².